The van der Waals surface area contributed by atoms with Crippen LogP contribution in [0.5, 0.6) is 0 Å². The fraction of sp³-hybridized carbons (Fsp3) is 0.0303. The van der Waals surface area contributed by atoms with Crippen LogP contribution in [0.4, 0.5) is 17.1 Å². The fourth-order valence-electron chi connectivity index (χ4n) is 10.8. The Bertz CT molecular complexity index is 3850. The topological polar surface area (TPSA) is 3.24 Å². The molecule has 1 heterocycles. The van der Waals surface area contributed by atoms with Gasteiger partial charge in [0.25, 0.3) is 0 Å². The van der Waals surface area contributed by atoms with E-state index in [0.717, 1.165) is 17.1 Å². The van der Waals surface area contributed by atoms with Gasteiger partial charge >= 0.3 is 0 Å². The summed E-state index contributed by atoms with van der Waals surface area (Å²) in [6.07, 6.45) is 0. The number of hydrogen-bond acceptors (Lipinski definition) is 2. The summed E-state index contributed by atoms with van der Waals surface area (Å²) in [6, 6.07) is 93.9. The second-order valence-electron chi connectivity index (χ2n) is 18.2. The summed E-state index contributed by atoms with van der Waals surface area (Å²) in [5, 5.41) is 5.14. The van der Waals surface area contributed by atoms with E-state index < -0.39 is 0 Å². The normalized spacial score (nSPS) is 14.0. The molecule has 1 nitrogen and oxygen atoms in total. The van der Waals surface area contributed by atoms with Crippen molar-refractivity contribution in [2.24, 2.45) is 0 Å². The first-order valence-corrected chi connectivity index (χ1v) is 24.3. The Kier molecular flexibility index (Phi) is 9.56. The maximum Gasteiger partial charge on any atom is 0.0462 e. The Balaban J connectivity index is 0.864. The van der Waals surface area contributed by atoms with Crippen LogP contribution in [0, 0.1) is 0 Å². The van der Waals surface area contributed by atoms with Crippen LogP contribution in [-0.2, 0) is 5.41 Å². The zero-order valence-electron chi connectivity index (χ0n) is 37.6. The summed E-state index contributed by atoms with van der Waals surface area (Å²) in [5.74, 6) is 0. The van der Waals surface area contributed by atoms with E-state index in [2.05, 4.69) is 267 Å². The third kappa shape index (κ3) is 6.68. The summed E-state index contributed by atoms with van der Waals surface area (Å²) >= 11 is 1.88. The maximum atomic E-state index is 2.43. The van der Waals surface area contributed by atoms with Crippen molar-refractivity contribution in [2.45, 2.75) is 12.3 Å². The molecule has 0 saturated heterocycles. The van der Waals surface area contributed by atoms with Gasteiger partial charge in [-0.25, -0.2) is 0 Å². The average Bonchev–Trinajstić information content (AvgIpc) is 3.92. The van der Waals surface area contributed by atoms with Gasteiger partial charge in [-0.05, 0) is 151 Å². The van der Waals surface area contributed by atoms with Crippen LogP contribution in [0.3, 0.4) is 0 Å². The Morgan fingerprint density at radius 2 is 0.838 bits per heavy atom. The molecule has 1 aliphatic carbocycles. The van der Waals surface area contributed by atoms with Crippen molar-refractivity contribution in [3.8, 4) is 55.6 Å². The van der Waals surface area contributed by atoms with Crippen molar-refractivity contribution in [3.63, 3.8) is 0 Å². The first-order valence-electron chi connectivity index (χ1n) is 23.5. The van der Waals surface area contributed by atoms with Crippen molar-refractivity contribution in [3.05, 3.63) is 271 Å². The summed E-state index contributed by atoms with van der Waals surface area (Å²) in [4.78, 5) is 2.38. The molecule has 12 aromatic rings. The molecular formula is C66H45NS. The summed E-state index contributed by atoms with van der Waals surface area (Å²) < 4.78 is 2.66. The molecule has 0 aliphatic heterocycles. The van der Waals surface area contributed by atoms with Gasteiger partial charge < -0.3 is 4.90 Å². The van der Waals surface area contributed by atoms with Gasteiger partial charge in [0.15, 0.2) is 0 Å². The van der Waals surface area contributed by atoms with Crippen LogP contribution in [0.25, 0.3) is 86.6 Å². The van der Waals surface area contributed by atoms with E-state index in [4.69, 9.17) is 0 Å². The number of hydrogen-bond donors (Lipinski definition) is 0. The van der Waals surface area contributed by atoms with E-state index in [1.807, 2.05) is 11.3 Å². The Hall–Kier alpha value is -8.30. The van der Waals surface area contributed by atoms with Crippen LogP contribution in [0.15, 0.2) is 255 Å². The highest BCUT2D eigenvalue weighted by Crippen LogP contribution is 2.53. The molecule has 1 atom stereocenters. The molecule has 320 valence electrons. The van der Waals surface area contributed by atoms with Crippen LogP contribution < -0.4 is 4.90 Å². The maximum absolute atomic E-state index is 2.43. The molecule has 11 aromatic carbocycles. The molecule has 68 heavy (non-hydrogen) atoms. The third-order valence-corrected chi connectivity index (χ3v) is 15.6. The highest BCUT2D eigenvalue weighted by molar-refractivity contribution is 7.26. The number of thiophene rings is 1. The second-order valence-corrected chi connectivity index (χ2v) is 19.2. The molecule has 0 fully saturated rings. The number of nitrogens with zero attached hydrogens (tertiary/aromatic N) is 1. The lowest BCUT2D eigenvalue weighted by atomic mass is 9.74. The first kappa shape index (κ1) is 40.0. The first-order chi connectivity index (χ1) is 33.6. The summed E-state index contributed by atoms with van der Waals surface area (Å²) in [5.41, 5.74) is 19.4. The van der Waals surface area contributed by atoms with Crippen LogP contribution in [-0.4, -0.2) is 0 Å². The SMILES string of the molecule is CC1(c2ccccc2)c2ccccc2-c2ccc(-c3ccc(N(c4ccc(-c5cccc(-c6cccc7c6sc6ccccc67)c5)cc4)c4ccc(-c5ccc6ccccc6c5)cc4)cc3)cc21. The lowest BCUT2D eigenvalue weighted by Crippen LogP contribution is -2.22. The van der Waals surface area contributed by atoms with Gasteiger partial charge in [0.05, 0.1) is 0 Å². The fourth-order valence-corrected chi connectivity index (χ4v) is 12.1. The van der Waals surface area contributed by atoms with Gasteiger partial charge in [-0.3, -0.25) is 0 Å². The van der Waals surface area contributed by atoms with Gasteiger partial charge in [0.2, 0.25) is 0 Å². The Morgan fingerprint density at radius 1 is 0.324 bits per heavy atom. The van der Waals surface area contributed by atoms with E-state index in [1.54, 1.807) is 0 Å². The lowest BCUT2D eigenvalue weighted by molar-refractivity contribution is 0.714. The van der Waals surface area contributed by atoms with Crippen molar-refractivity contribution in [2.75, 3.05) is 4.90 Å². The lowest BCUT2D eigenvalue weighted by Gasteiger charge is -2.28. The van der Waals surface area contributed by atoms with Gasteiger partial charge in [-0.1, -0.05) is 194 Å². The summed E-state index contributed by atoms with van der Waals surface area (Å²) in [6.45, 7) is 2.39. The average molecular weight is 884 g/mol. The molecular weight excluding hydrogens is 839 g/mol. The highest BCUT2D eigenvalue weighted by atomic mass is 32.1. The molecule has 0 radical (unpaired) electrons. The quantitative estimate of drug-likeness (QED) is 0.147. The molecule has 1 aliphatic rings. The van der Waals surface area contributed by atoms with Gasteiger partial charge in [-0.2, -0.15) is 0 Å². The second kappa shape index (κ2) is 16.2. The van der Waals surface area contributed by atoms with Gasteiger partial charge in [0.1, 0.15) is 0 Å². The van der Waals surface area contributed by atoms with Crippen LogP contribution in [0.2, 0.25) is 0 Å². The molecule has 2 heteroatoms. The zero-order chi connectivity index (χ0) is 45.2. The molecule has 0 amide bonds. The molecule has 0 N–H and O–H groups in total. The molecule has 1 aromatic heterocycles. The minimum atomic E-state index is -0.250. The zero-order valence-corrected chi connectivity index (χ0v) is 38.4. The van der Waals surface area contributed by atoms with Gasteiger partial charge in [-0.15, -0.1) is 11.3 Å². The standard InChI is InChI=1S/C66H45NS/c1-66(53-17-3-2-4-18-53)62-23-9-7-19-58(62)59-40-33-51(43-63(59)66)47-31-38-56(39-32-47)67(55-36-29-46(30-37-55)50-26-25-44-13-5-6-14-48(44)41-50)54-34-27-45(28-35-54)49-15-11-16-52(42-49)57-21-12-22-61-60-20-8-10-24-64(60)68-65(57)61/h2-43H,1H3. The van der Waals surface area contributed by atoms with Crippen LogP contribution >= 0.6 is 11.3 Å². The molecule has 1 unspecified atom stereocenters. The van der Waals surface area contributed by atoms with E-state index >= 15 is 0 Å². The minimum Gasteiger partial charge on any atom is -0.311 e. The number of benzene rings is 11. The van der Waals surface area contributed by atoms with Crippen molar-refractivity contribution >= 4 is 59.3 Å². The monoisotopic (exact) mass is 883 g/mol. The predicted molar refractivity (Wildman–Crippen MR) is 291 cm³/mol. The number of rotatable bonds is 8. The van der Waals surface area contributed by atoms with Crippen molar-refractivity contribution < 1.29 is 0 Å². The van der Waals surface area contributed by atoms with E-state index in [-0.39, 0.29) is 5.41 Å². The van der Waals surface area contributed by atoms with E-state index in [9.17, 15) is 0 Å². The van der Waals surface area contributed by atoms with Crippen molar-refractivity contribution in [1.82, 2.24) is 0 Å². The predicted octanol–water partition coefficient (Wildman–Crippen LogP) is 18.7. The Morgan fingerprint density at radius 3 is 1.57 bits per heavy atom. The van der Waals surface area contributed by atoms with E-state index in [1.165, 1.54) is 103 Å². The highest BCUT2D eigenvalue weighted by Gasteiger charge is 2.40. The van der Waals surface area contributed by atoms with Crippen molar-refractivity contribution in [1.29, 1.82) is 0 Å². The number of anilines is 3. The molecule has 0 spiro atoms. The minimum absolute atomic E-state index is 0.250. The Labute approximate surface area is 401 Å². The largest absolute Gasteiger partial charge is 0.311 e. The van der Waals surface area contributed by atoms with Gasteiger partial charge in [0, 0.05) is 42.6 Å². The summed E-state index contributed by atoms with van der Waals surface area (Å²) in [7, 11) is 0. The smallest absolute Gasteiger partial charge is 0.0462 e. The molecule has 0 bridgehead atoms. The molecule has 13 rings (SSSR count). The third-order valence-electron chi connectivity index (χ3n) is 14.4. The van der Waals surface area contributed by atoms with E-state index in [0.29, 0.717) is 0 Å². The molecule has 0 saturated carbocycles. The van der Waals surface area contributed by atoms with Crippen LogP contribution in [0.1, 0.15) is 23.6 Å². The number of fused-ring (bicyclic) bond motifs is 7.